The molecule has 0 unspecified atom stereocenters. The number of allylic oxidation sites excluding steroid dienone is 2. The van der Waals surface area contributed by atoms with Crippen molar-refractivity contribution in [2.75, 3.05) is 13.7 Å². The molecule has 0 spiro atoms. The first kappa shape index (κ1) is 15.6. The molecule has 0 radical (unpaired) electrons. The average Bonchev–Trinajstić information content (AvgIpc) is 2.60. The fraction of sp³-hybridized carbons (Fsp3) is 0.444. The number of ether oxygens (including phenoxy) is 1. The van der Waals surface area contributed by atoms with Crippen LogP contribution in [0.5, 0.6) is 5.75 Å². The van der Waals surface area contributed by atoms with E-state index < -0.39 is 0 Å². The second-order valence-electron chi connectivity index (χ2n) is 6.03. The zero-order valence-corrected chi connectivity index (χ0v) is 13.3. The second kappa shape index (κ2) is 6.86. The number of amides is 2. The van der Waals surface area contributed by atoms with E-state index in [1.807, 2.05) is 0 Å². The molecule has 1 aliphatic heterocycles. The molecule has 5 nitrogen and oxygen atoms in total. The quantitative estimate of drug-likeness (QED) is 0.670. The van der Waals surface area contributed by atoms with E-state index in [2.05, 4.69) is 17.5 Å². The van der Waals surface area contributed by atoms with Crippen LogP contribution in [0.2, 0.25) is 0 Å². The summed E-state index contributed by atoms with van der Waals surface area (Å²) in [5.41, 5.74) is 0.579. The van der Waals surface area contributed by atoms with Crippen LogP contribution in [0.3, 0.4) is 0 Å². The van der Waals surface area contributed by atoms with Gasteiger partial charge in [-0.05, 0) is 43.5 Å². The van der Waals surface area contributed by atoms with Gasteiger partial charge in [0.1, 0.15) is 11.9 Å². The summed E-state index contributed by atoms with van der Waals surface area (Å²) in [5, 5.41) is 3.06. The van der Waals surface area contributed by atoms with E-state index >= 15 is 0 Å². The molecule has 3 rings (SSSR count). The topological polar surface area (TPSA) is 58.6 Å². The molecule has 5 heteroatoms. The lowest BCUT2D eigenvalue weighted by Gasteiger charge is -2.42. The Labute approximate surface area is 136 Å². The third kappa shape index (κ3) is 3.38. The van der Waals surface area contributed by atoms with Crippen LogP contribution in [-0.4, -0.2) is 36.5 Å². The van der Waals surface area contributed by atoms with Gasteiger partial charge in [0.2, 0.25) is 5.91 Å². The summed E-state index contributed by atoms with van der Waals surface area (Å²) in [4.78, 5) is 26.2. The van der Waals surface area contributed by atoms with Gasteiger partial charge in [0.25, 0.3) is 5.91 Å². The maximum Gasteiger partial charge on any atom is 0.252 e. The van der Waals surface area contributed by atoms with Crippen LogP contribution in [0.15, 0.2) is 36.4 Å². The van der Waals surface area contributed by atoms with Crippen molar-refractivity contribution < 1.29 is 14.3 Å². The maximum atomic E-state index is 12.5. The number of methoxy groups -OCH3 is 1. The van der Waals surface area contributed by atoms with Crippen molar-refractivity contribution >= 4 is 11.8 Å². The van der Waals surface area contributed by atoms with Crippen molar-refractivity contribution in [2.45, 2.75) is 31.8 Å². The van der Waals surface area contributed by atoms with Crippen molar-refractivity contribution in [3.05, 3.63) is 42.0 Å². The highest BCUT2D eigenvalue weighted by atomic mass is 16.5. The Bertz CT molecular complexity index is 609. The van der Waals surface area contributed by atoms with E-state index in [0.29, 0.717) is 17.7 Å². The number of hydrogen-bond donors (Lipinski definition) is 1. The van der Waals surface area contributed by atoms with Gasteiger partial charge in [-0.15, -0.1) is 0 Å². The van der Waals surface area contributed by atoms with Crippen molar-refractivity contribution in [1.82, 2.24) is 10.2 Å². The molecule has 2 aliphatic rings. The minimum absolute atomic E-state index is 0.125. The van der Waals surface area contributed by atoms with Crippen LogP contribution in [0, 0.1) is 5.92 Å². The van der Waals surface area contributed by atoms with E-state index in [1.54, 1.807) is 36.3 Å². The fourth-order valence-corrected chi connectivity index (χ4v) is 3.14. The molecule has 2 atom stereocenters. The summed E-state index contributed by atoms with van der Waals surface area (Å²) in [7, 11) is 1.59. The minimum Gasteiger partial charge on any atom is -0.497 e. The number of nitrogens with one attached hydrogen (secondary N) is 1. The summed E-state index contributed by atoms with van der Waals surface area (Å²) in [6.07, 6.45) is 7.57. The molecular weight excluding hydrogens is 292 g/mol. The van der Waals surface area contributed by atoms with Gasteiger partial charge in [-0.2, -0.15) is 0 Å². The summed E-state index contributed by atoms with van der Waals surface area (Å²) >= 11 is 0. The Balaban J connectivity index is 1.72. The molecule has 1 N–H and O–H groups in total. The molecule has 23 heavy (non-hydrogen) atoms. The van der Waals surface area contributed by atoms with Crippen LogP contribution in [0.4, 0.5) is 0 Å². The number of β-lactam (4-membered cyclic amide) rings is 1. The van der Waals surface area contributed by atoms with Gasteiger partial charge in [-0.25, -0.2) is 0 Å². The van der Waals surface area contributed by atoms with Crippen molar-refractivity contribution in [1.29, 1.82) is 0 Å². The zero-order valence-electron chi connectivity index (χ0n) is 13.3. The van der Waals surface area contributed by atoms with Gasteiger partial charge in [0.05, 0.1) is 7.11 Å². The van der Waals surface area contributed by atoms with Crippen LogP contribution >= 0.6 is 0 Å². The third-order valence-electron chi connectivity index (χ3n) is 4.61. The van der Waals surface area contributed by atoms with Crippen molar-refractivity contribution in [3.8, 4) is 5.75 Å². The van der Waals surface area contributed by atoms with Crippen LogP contribution in [-0.2, 0) is 4.79 Å². The predicted molar refractivity (Wildman–Crippen MR) is 87.1 cm³/mol. The van der Waals surface area contributed by atoms with Gasteiger partial charge in [-0.1, -0.05) is 12.2 Å². The smallest absolute Gasteiger partial charge is 0.252 e. The number of nitrogens with zero attached hydrogens (tertiary/aromatic N) is 1. The normalized spacial score (nSPS) is 21.5. The lowest BCUT2D eigenvalue weighted by Crippen LogP contribution is -2.60. The predicted octanol–water partition coefficient (Wildman–Crippen LogP) is 2.34. The number of hydrogen-bond acceptors (Lipinski definition) is 3. The van der Waals surface area contributed by atoms with Crippen LogP contribution in [0.1, 0.15) is 36.0 Å². The second-order valence-corrected chi connectivity index (χ2v) is 6.03. The summed E-state index contributed by atoms with van der Waals surface area (Å²) in [6.45, 7) is 0.729. The molecule has 1 aromatic carbocycles. The van der Waals surface area contributed by atoms with E-state index in [-0.39, 0.29) is 23.9 Å². The Morgan fingerprint density at radius 2 is 2.09 bits per heavy atom. The first-order chi connectivity index (χ1) is 11.2. The van der Waals surface area contributed by atoms with E-state index in [9.17, 15) is 9.59 Å². The first-order valence-corrected chi connectivity index (χ1v) is 8.08. The standard InChI is InChI=1S/C18H22N2O3/c1-23-15-9-7-14(8-10-15)18(22)19-17(20-12-11-16(20)21)13-5-3-2-4-6-13/h2-3,7-10,13,17H,4-6,11-12H2,1H3,(H,19,22)/t13-,17-/m1/s1. The number of rotatable bonds is 5. The van der Waals surface area contributed by atoms with Crippen molar-refractivity contribution in [3.63, 3.8) is 0 Å². The number of benzene rings is 1. The monoisotopic (exact) mass is 314 g/mol. The molecule has 122 valence electrons. The number of likely N-dealkylation sites (tertiary alicyclic amines) is 1. The Morgan fingerprint density at radius 3 is 2.61 bits per heavy atom. The molecule has 0 saturated carbocycles. The van der Waals surface area contributed by atoms with Crippen LogP contribution in [0.25, 0.3) is 0 Å². The zero-order chi connectivity index (χ0) is 16.2. The molecule has 1 heterocycles. The molecule has 0 bridgehead atoms. The molecule has 0 aromatic heterocycles. The SMILES string of the molecule is COc1ccc(C(=O)N[C@@H]([C@@H]2CC=CCC2)N2CCC2=O)cc1. The highest BCUT2D eigenvalue weighted by Gasteiger charge is 2.36. The lowest BCUT2D eigenvalue weighted by atomic mass is 9.89. The fourth-order valence-electron chi connectivity index (χ4n) is 3.14. The van der Waals surface area contributed by atoms with Crippen LogP contribution < -0.4 is 10.1 Å². The molecule has 1 saturated heterocycles. The lowest BCUT2D eigenvalue weighted by molar-refractivity contribution is -0.145. The largest absolute Gasteiger partial charge is 0.497 e. The molecule has 1 fully saturated rings. The highest BCUT2D eigenvalue weighted by Crippen LogP contribution is 2.27. The molecule has 2 amide bonds. The number of carbonyl (C=O) groups is 2. The maximum absolute atomic E-state index is 12.5. The molecule has 1 aromatic rings. The summed E-state index contributed by atoms with van der Waals surface area (Å²) in [5.74, 6) is 0.978. The third-order valence-corrected chi connectivity index (χ3v) is 4.61. The van der Waals surface area contributed by atoms with Gasteiger partial charge in [0.15, 0.2) is 0 Å². The Morgan fingerprint density at radius 1 is 1.30 bits per heavy atom. The van der Waals surface area contributed by atoms with Gasteiger partial charge < -0.3 is 15.0 Å². The summed E-state index contributed by atoms with van der Waals surface area (Å²) < 4.78 is 5.11. The average molecular weight is 314 g/mol. The summed E-state index contributed by atoms with van der Waals surface area (Å²) in [6, 6.07) is 7.01. The minimum atomic E-state index is -0.212. The van der Waals surface area contributed by atoms with Gasteiger partial charge in [0, 0.05) is 24.4 Å². The van der Waals surface area contributed by atoms with E-state index in [1.165, 1.54) is 0 Å². The molecular formula is C18H22N2O3. The first-order valence-electron chi connectivity index (χ1n) is 8.08. The van der Waals surface area contributed by atoms with Crippen molar-refractivity contribution in [2.24, 2.45) is 5.92 Å². The van der Waals surface area contributed by atoms with Gasteiger partial charge in [-0.3, -0.25) is 9.59 Å². The Hall–Kier alpha value is -2.30. The highest BCUT2D eigenvalue weighted by molar-refractivity contribution is 5.95. The van der Waals surface area contributed by atoms with E-state index in [0.717, 1.165) is 25.8 Å². The van der Waals surface area contributed by atoms with E-state index in [4.69, 9.17) is 4.74 Å². The Kier molecular flexibility index (Phi) is 4.65. The number of carbonyl (C=O) groups excluding carboxylic acids is 2. The molecule has 1 aliphatic carbocycles. The van der Waals surface area contributed by atoms with Gasteiger partial charge >= 0.3 is 0 Å².